The molecule has 4 unspecified atom stereocenters. The Hall–Kier alpha value is -0.700. The van der Waals surface area contributed by atoms with E-state index >= 15 is 0 Å². The smallest absolute Gasteiger partial charge is 0.353 e. The van der Waals surface area contributed by atoms with Crippen molar-refractivity contribution < 1.29 is 19.8 Å². The van der Waals surface area contributed by atoms with E-state index in [0.717, 1.165) is 18.0 Å². The van der Waals surface area contributed by atoms with E-state index in [0.29, 0.717) is 16.9 Å². The van der Waals surface area contributed by atoms with Crippen LogP contribution in [0.4, 0.5) is 0 Å². The van der Waals surface area contributed by atoms with Crippen LogP contribution in [0.15, 0.2) is 10.6 Å². The number of aliphatic carboxylic acids is 1. The SMILES string of the molecule is CSC1CNCC1SC1=C(C(=O)O)N2C(=O)C(C(C)O)[C@H]2C1. The van der Waals surface area contributed by atoms with Crippen molar-refractivity contribution >= 4 is 35.4 Å². The summed E-state index contributed by atoms with van der Waals surface area (Å²) in [4.78, 5) is 25.9. The van der Waals surface area contributed by atoms with Gasteiger partial charge in [0, 0.05) is 34.9 Å². The Labute approximate surface area is 137 Å². The van der Waals surface area contributed by atoms with Gasteiger partial charge in [-0.05, 0) is 13.2 Å². The predicted octanol–water partition coefficient (Wildman–Crippen LogP) is 0.331. The van der Waals surface area contributed by atoms with Crippen molar-refractivity contribution in [3.63, 3.8) is 0 Å². The van der Waals surface area contributed by atoms with Crippen molar-refractivity contribution in [1.82, 2.24) is 10.2 Å². The molecule has 0 saturated carbocycles. The number of carbonyl (C=O) groups is 2. The average Bonchev–Trinajstić information content (AvgIpc) is 3.01. The van der Waals surface area contributed by atoms with E-state index in [1.165, 1.54) is 4.90 Å². The van der Waals surface area contributed by atoms with Crippen LogP contribution in [-0.2, 0) is 9.59 Å². The summed E-state index contributed by atoms with van der Waals surface area (Å²) in [6, 6.07) is -0.191. The van der Waals surface area contributed by atoms with Crippen LogP contribution in [0.5, 0.6) is 0 Å². The third kappa shape index (κ3) is 2.46. The number of amides is 1. The Kier molecular flexibility index (Phi) is 4.46. The van der Waals surface area contributed by atoms with E-state index in [4.69, 9.17) is 0 Å². The molecule has 22 heavy (non-hydrogen) atoms. The fourth-order valence-electron chi connectivity index (χ4n) is 3.50. The Bertz CT molecular complexity index is 537. The molecule has 0 spiro atoms. The molecule has 8 heteroatoms. The van der Waals surface area contributed by atoms with Gasteiger partial charge in [0.25, 0.3) is 0 Å². The first-order valence-corrected chi connectivity index (χ1v) is 9.50. The third-order valence-corrected chi connectivity index (χ3v) is 7.31. The lowest BCUT2D eigenvalue weighted by molar-refractivity contribution is -0.161. The van der Waals surface area contributed by atoms with Crippen LogP contribution in [0.25, 0.3) is 0 Å². The highest BCUT2D eigenvalue weighted by molar-refractivity contribution is 8.06. The number of β-lactam (4-membered cyclic amide) rings is 1. The van der Waals surface area contributed by atoms with E-state index in [2.05, 4.69) is 11.6 Å². The van der Waals surface area contributed by atoms with Crippen LogP contribution in [0, 0.1) is 5.92 Å². The van der Waals surface area contributed by atoms with Gasteiger partial charge >= 0.3 is 5.97 Å². The monoisotopic (exact) mass is 344 g/mol. The zero-order valence-electron chi connectivity index (χ0n) is 12.5. The Morgan fingerprint density at radius 3 is 2.68 bits per heavy atom. The molecular formula is C14H20N2O4S2. The van der Waals surface area contributed by atoms with Gasteiger partial charge in [0.1, 0.15) is 5.70 Å². The number of fused-ring (bicyclic) bond motifs is 1. The predicted molar refractivity (Wildman–Crippen MR) is 86.6 cm³/mol. The first kappa shape index (κ1) is 16.2. The molecule has 3 aliphatic heterocycles. The van der Waals surface area contributed by atoms with Gasteiger partial charge in [0.05, 0.1) is 18.1 Å². The highest BCUT2D eigenvalue weighted by Gasteiger charge is 2.57. The molecule has 1 amide bonds. The van der Waals surface area contributed by atoms with Gasteiger partial charge in [-0.3, -0.25) is 4.79 Å². The molecule has 3 rings (SSSR count). The number of nitrogens with one attached hydrogen (secondary N) is 1. The van der Waals surface area contributed by atoms with Gasteiger partial charge in [0.15, 0.2) is 0 Å². The average molecular weight is 344 g/mol. The van der Waals surface area contributed by atoms with Crippen LogP contribution in [0.3, 0.4) is 0 Å². The number of aliphatic hydroxyl groups is 1. The fraction of sp³-hybridized carbons (Fsp3) is 0.714. The quantitative estimate of drug-likeness (QED) is 0.619. The fourth-order valence-corrected chi connectivity index (χ4v) is 6.07. The van der Waals surface area contributed by atoms with E-state index in [-0.39, 0.29) is 17.6 Å². The number of hydrogen-bond acceptors (Lipinski definition) is 6. The number of thioether (sulfide) groups is 2. The summed E-state index contributed by atoms with van der Waals surface area (Å²) in [5.74, 6) is -1.78. The molecule has 5 atom stereocenters. The molecule has 0 radical (unpaired) electrons. The summed E-state index contributed by atoms with van der Waals surface area (Å²) >= 11 is 3.37. The number of aliphatic hydroxyl groups excluding tert-OH is 1. The van der Waals surface area contributed by atoms with E-state index in [1.807, 2.05) is 0 Å². The lowest BCUT2D eigenvalue weighted by Gasteiger charge is -2.44. The number of hydrogen-bond donors (Lipinski definition) is 3. The lowest BCUT2D eigenvalue weighted by atomic mass is 9.83. The van der Waals surface area contributed by atoms with Crippen LogP contribution < -0.4 is 5.32 Å². The molecule has 6 nitrogen and oxygen atoms in total. The lowest BCUT2D eigenvalue weighted by Crippen LogP contribution is -2.61. The Balaban J connectivity index is 1.81. The topological polar surface area (TPSA) is 89.9 Å². The van der Waals surface area contributed by atoms with E-state index in [9.17, 15) is 19.8 Å². The van der Waals surface area contributed by atoms with Gasteiger partial charge in [-0.2, -0.15) is 11.8 Å². The highest BCUT2D eigenvalue weighted by atomic mass is 32.2. The Morgan fingerprint density at radius 2 is 2.09 bits per heavy atom. The molecule has 3 heterocycles. The van der Waals surface area contributed by atoms with Crippen LogP contribution in [-0.4, -0.2) is 69.0 Å². The number of carboxylic acid groups (broad SMARTS) is 1. The third-order valence-electron chi connectivity index (χ3n) is 4.59. The van der Waals surface area contributed by atoms with Gasteiger partial charge in [0.2, 0.25) is 5.91 Å². The van der Waals surface area contributed by atoms with Gasteiger partial charge in [-0.15, -0.1) is 11.8 Å². The second-order valence-corrected chi connectivity index (χ2v) is 8.32. The number of carboxylic acids is 1. The summed E-state index contributed by atoms with van der Waals surface area (Å²) in [6.07, 6.45) is 1.87. The van der Waals surface area contributed by atoms with Crippen molar-refractivity contribution in [2.75, 3.05) is 19.3 Å². The highest BCUT2D eigenvalue weighted by Crippen LogP contribution is 2.48. The molecule has 122 valence electrons. The summed E-state index contributed by atoms with van der Waals surface area (Å²) < 4.78 is 0. The minimum Gasteiger partial charge on any atom is -0.477 e. The second kappa shape index (κ2) is 6.07. The zero-order valence-corrected chi connectivity index (χ0v) is 14.1. The van der Waals surface area contributed by atoms with Gasteiger partial charge in [-0.25, -0.2) is 4.79 Å². The standard InChI is InChI=1S/C14H20N2O4S2/c1-6(17)11-7-3-8(12(14(19)20)16(7)13(11)18)22-10-5-15-4-9(10)21-2/h6-7,9-11,15,17H,3-5H2,1-2H3,(H,19,20)/t6?,7-,9?,10?,11?/m1/s1. The molecule has 0 aromatic heterocycles. The van der Waals surface area contributed by atoms with Crippen molar-refractivity contribution in [2.24, 2.45) is 5.92 Å². The van der Waals surface area contributed by atoms with Gasteiger partial charge in [-0.1, -0.05) is 0 Å². The van der Waals surface area contributed by atoms with E-state index < -0.39 is 18.0 Å². The number of carbonyl (C=O) groups excluding carboxylic acids is 1. The van der Waals surface area contributed by atoms with Crippen LogP contribution in [0.1, 0.15) is 13.3 Å². The molecule has 3 aliphatic rings. The molecule has 3 N–H and O–H groups in total. The molecular weight excluding hydrogens is 324 g/mol. The summed E-state index contributed by atoms with van der Waals surface area (Å²) in [6.45, 7) is 3.37. The maximum absolute atomic E-state index is 12.1. The minimum absolute atomic E-state index is 0.128. The first-order valence-electron chi connectivity index (χ1n) is 7.33. The maximum Gasteiger partial charge on any atom is 0.353 e. The summed E-state index contributed by atoms with van der Waals surface area (Å²) in [5, 5.41) is 23.3. The van der Waals surface area contributed by atoms with Crippen molar-refractivity contribution in [3.8, 4) is 0 Å². The van der Waals surface area contributed by atoms with Gasteiger partial charge < -0.3 is 20.4 Å². The second-order valence-electron chi connectivity index (χ2n) is 5.91. The Morgan fingerprint density at radius 1 is 1.41 bits per heavy atom. The normalized spacial score (nSPS) is 35.6. The molecule has 0 aromatic carbocycles. The molecule has 2 saturated heterocycles. The molecule has 0 bridgehead atoms. The van der Waals surface area contributed by atoms with Crippen molar-refractivity contribution in [1.29, 1.82) is 0 Å². The first-order chi connectivity index (χ1) is 10.5. The summed E-state index contributed by atoms with van der Waals surface area (Å²) in [5.41, 5.74) is 0.128. The van der Waals surface area contributed by atoms with Crippen LogP contribution in [0.2, 0.25) is 0 Å². The molecule has 0 aliphatic carbocycles. The van der Waals surface area contributed by atoms with Crippen LogP contribution >= 0.6 is 23.5 Å². The molecule has 2 fully saturated rings. The van der Waals surface area contributed by atoms with E-state index in [1.54, 1.807) is 30.4 Å². The number of nitrogens with zero attached hydrogens (tertiary/aromatic N) is 1. The van der Waals surface area contributed by atoms with Crippen molar-refractivity contribution in [3.05, 3.63) is 10.6 Å². The van der Waals surface area contributed by atoms with Crippen molar-refractivity contribution in [2.45, 2.75) is 36.0 Å². The number of rotatable bonds is 5. The molecule has 0 aromatic rings. The summed E-state index contributed by atoms with van der Waals surface area (Å²) in [7, 11) is 0. The maximum atomic E-state index is 12.1. The minimum atomic E-state index is -1.05. The zero-order chi connectivity index (χ0) is 16.0. The largest absolute Gasteiger partial charge is 0.477 e.